The number of fused-ring (bicyclic) bond motifs is 1. The van der Waals surface area contributed by atoms with Gasteiger partial charge >= 0.3 is 0 Å². The fraction of sp³-hybridized carbons (Fsp3) is 0.433. The van der Waals surface area contributed by atoms with Crippen molar-refractivity contribution in [3.8, 4) is 0 Å². The van der Waals surface area contributed by atoms with Gasteiger partial charge in [0, 0.05) is 61.6 Å². The predicted octanol–water partition coefficient (Wildman–Crippen LogP) is 1.73. The quantitative estimate of drug-likeness (QED) is 0.455. The minimum atomic E-state index is -0.957. The van der Waals surface area contributed by atoms with E-state index in [9.17, 15) is 24.0 Å². The molecule has 1 atom stereocenters. The Morgan fingerprint density at radius 1 is 0.829 bits per heavy atom. The molecule has 11 heteroatoms. The summed E-state index contributed by atoms with van der Waals surface area (Å²) in [5.74, 6) is -2.37. The topological polar surface area (TPSA) is 145 Å². The van der Waals surface area contributed by atoms with Gasteiger partial charge in [0.2, 0.25) is 17.7 Å². The number of anilines is 2. The van der Waals surface area contributed by atoms with Crippen molar-refractivity contribution < 1.29 is 24.0 Å². The number of carbonyl (C=O) groups is 5. The van der Waals surface area contributed by atoms with Crippen molar-refractivity contribution in [3.63, 3.8) is 0 Å². The monoisotopic (exact) mass is 558 g/mol. The average Bonchev–Trinajstić information content (AvgIpc) is 3.22. The number of nitrogens with two attached hydrogens (primary N) is 1. The van der Waals surface area contributed by atoms with Crippen LogP contribution in [0.15, 0.2) is 42.5 Å². The van der Waals surface area contributed by atoms with Crippen LogP contribution in [0.5, 0.6) is 0 Å². The van der Waals surface area contributed by atoms with Crippen LogP contribution in [-0.2, 0) is 9.59 Å². The molecule has 2 aromatic rings. The predicted molar refractivity (Wildman–Crippen MR) is 152 cm³/mol. The zero-order valence-corrected chi connectivity index (χ0v) is 22.8. The minimum absolute atomic E-state index is 0.102. The fourth-order valence-corrected chi connectivity index (χ4v) is 6.52. The molecular weight excluding hydrogens is 524 g/mol. The van der Waals surface area contributed by atoms with Crippen LogP contribution in [0.25, 0.3) is 0 Å². The van der Waals surface area contributed by atoms with Gasteiger partial charge in [-0.3, -0.25) is 34.2 Å². The summed E-state index contributed by atoms with van der Waals surface area (Å²) < 4.78 is 0. The number of likely N-dealkylation sites (tertiary alicyclic amines) is 1. The van der Waals surface area contributed by atoms with Crippen LogP contribution in [0.3, 0.4) is 0 Å². The van der Waals surface area contributed by atoms with Crippen molar-refractivity contribution in [2.75, 3.05) is 36.4 Å². The molecule has 4 N–H and O–H groups in total. The highest BCUT2D eigenvalue weighted by atomic mass is 16.2. The molecule has 4 aliphatic heterocycles. The lowest BCUT2D eigenvalue weighted by atomic mass is 9.97. The third-order valence-electron chi connectivity index (χ3n) is 8.84. The maximum Gasteiger partial charge on any atom is 0.262 e. The van der Waals surface area contributed by atoms with Crippen LogP contribution in [0.2, 0.25) is 0 Å². The van der Waals surface area contributed by atoms with Gasteiger partial charge in [-0.25, -0.2) is 0 Å². The van der Waals surface area contributed by atoms with Gasteiger partial charge in [0.05, 0.1) is 11.1 Å². The van der Waals surface area contributed by atoms with Gasteiger partial charge in [0.15, 0.2) is 0 Å². The van der Waals surface area contributed by atoms with Crippen LogP contribution in [0, 0.1) is 0 Å². The van der Waals surface area contributed by atoms with Crippen LogP contribution in [0.1, 0.15) is 69.6 Å². The highest BCUT2D eigenvalue weighted by Crippen LogP contribution is 2.32. The smallest absolute Gasteiger partial charge is 0.262 e. The van der Waals surface area contributed by atoms with Gasteiger partial charge in [0.25, 0.3) is 11.8 Å². The summed E-state index contributed by atoms with van der Waals surface area (Å²) in [5.41, 5.74) is 8.36. The lowest BCUT2D eigenvalue weighted by molar-refractivity contribution is -0.136. The Hall–Kier alpha value is -4.25. The van der Waals surface area contributed by atoms with E-state index in [1.165, 1.54) is 0 Å². The fourth-order valence-electron chi connectivity index (χ4n) is 6.52. The Balaban J connectivity index is 1.02. The maximum atomic E-state index is 13.2. The Bertz CT molecular complexity index is 1390. The zero-order valence-electron chi connectivity index (χ0n) is 22.8. The molecule has 2 aromatic carbocycles. The second-order valence-corrected chi connectivity index (χ2v) is 11.3. The van der Waals surface area contributed by atoms with Gasteiger partial charge in [-0.1, -0.05) is 0 Å². The van der Waals surface area contributed by atoms with Crippen LogP contribution < -0.4 is 21.3 Å². The molecule has 0 aliphatic carbocycles. The van der Waals surface area contributed by atoms with E-state index in [-0.39, 0.29) is 18.7 Å². The molecule has 0 spiro atoms. The van der Waals surface area contributed by atoms with Crippen molar-refractivity contribution >= 4 is 40.9 Å². The summed E-state index contributed by atoms with van der Waals surface area (Å²) >= 11 is 0. The molecule has 5 amide bonds. The lowest BCUT2D eigenvalue weighted by Gasteiger charge is -2.42. The largest absolute Gasteiger partial charge is 0.382 e. The summed E-state index contributed by atoms with van der Waals surface area (Å²) in [7, 11) is 0. The number of hydrogen-bond acceptors (Lipinski definition) is 8. The van der Waals surface area contributed by atoms with E-state index >= 15 is 0 Å². The average molecular weight is 559 g/mol. The summed E-state index contributed by atoms with van der Waals surface area (Å²) in [4.78, 5) is 67.2. The van der Waals surface area contributed by atoms with E-state index in [1.807, 2.05) is 18.2 Å². The standard InChI is InChI=1S/C30H34N6O5/c31-27(38)18-1-3-19(4-2-18)32-20-9-13-34(14-10-20)21-11-15-35(16-12-21)22-5-6-23-24(17-22)30(41)36(29(23)40)25-7-8-26(37)33-28(25)39/h1-6,17,20-21,25,32H,7-16H2,(H2,31,38)(H,33,37,39). The molecule has 41 heavy (non-hydrogen) atoms. The molecule has 4 aliphatic rings. The summed E-state index contributed by atoms with van der Waals surface area (Å²) in [6.07, 6.45) is 4.36. The first-order valence-electron chi connectivity index (χ1n) is 14.3. The molecule has 0 radical (unpaired) electrons. The molecule has 11 nitrogen and oxygen atoms in total. The van der Waals surface area contributed by atoms with Gasteiger partial charge in [-0.15, -0.1) is 0 Å². The first kappa shape index (κ1) is 26.9. The SMILES string of the molecule is NC(=O)c1ccc(NC2CCN(C3CCN(c4ccc5c(c4)C(=O)N(C4CCC(=O)NC4=O)C5=O)CC3)CC2)cc1. The van der Waals surface area contributed by atoms with Gasteiger partial charge in [-0.05, 0) is 74.6 Å². The van der Waals surface area contributed by atoms with Crippen LogP contribution >= 0.6 is 0 Å². The third-order valence-corrected chi connectivity index (χ3v) is 8.84. The van der Waals surface area contributed by atoms with E-state index in [0.717, 1.165) is 68.1 Å². The second kappa shape index (κ2) is 11.0. The first-order chi connectivity index (χ1) is 19.8. The van der Waals surface area contributed by atoms with Gasteiger partial charge in [0.1, 0.15) is 6.04 Å². The minimum Gasteiger partial charge on any atom is -0.382 e. The highest BCUT2D eigenvalue weighted by Gasteiger charge is 2.44. The van der Waals surface area contributed by atoms with E-state index in [2.05, 4.69) is 20.4 Å². The third kappa shape index (κ3) is 5.29. The Labute approximate surface area is 238 Å². The first-order valence-corrected chi connectivity index (χ1v) is 14.3. The summed E-state index contributed by atoms with van der Waals surface area (Å²) in [6.45, 7) is 3.75. The van der Waals surface area contributed by atoms with E-state index < -0.39 is 29.7 Å². The number of nitrogens with one attached hydrogen (secondary N) is 2. The normalized spacial score (nSPS) is 22.6. The lowest BCUT2D eigenvalue weighted by Crippen LogP contribution is -2.54. The number of amides is 5. The number of primary amides is 1. The molecular formula is C30H34N6O5. The summed E-state index contributed by atoms with van der Waals surface area (Å²) in [6, 6.07) is 12.6. The van der Waals surface area contributed by atoms with E-state index in [0.29, 0.717) is 28.8 Å². The Kier molecular flexibility index (Phi) is 7.21. The van der Waals surface area contributed by atoms with Gasteiger partial charge < -0.3 is 20.9 Å². The van der Waals surface area contributed by atoms with E-state index in [1.54, 1.807) is 24.3 Å². The van der Waals surface area contributed by atoms with Crippen molar-refractivity contribution in [1.29, 1.82) is 0 Å². The van der Waals surface area contributed by atoms with Crippen molar-refractivity contribution in [2.24, 2.45) is 5.73 Å². The maximum absolute atomic E-state index is 13.2. The van der Waals surface area contributed by atoms with Gasteiger partial charge in [-0.2, -0.15) is 0 Å². The van der Waals surface area contributed by atoms with E-state index in [4.69, 9.17) is 5.73 Å². The van der Waals surface area contributed by atoms with Crippen molar-refractivity contribution in [3.05, 3.63) is 59.2 Å². The number of imide groups is 2. The number of nitrogens with zero attached hydrogens (tertiary/aromatic N) is 3. The van der Waals surface area contributed by atoms with Crippen molar-refractivity contribution in [1.82, 2.24) is 15.1 Å². The molecule has 6 rings (SSSR count). The zero-order chi connectivity index (χ0) is 28.7. The molecule has 0 aromatic heterocycles. The number of hydrogen-bond donors (Lipinski definition) is 3. The van der Waals surface area contributed by atoms with Crippen molar-refractivity contribution in [2.45, 2.75) is 56.7 Å². The van der Waals surface area contributed by atoms with Crippen LogP contribution in [-0.4, -0.2) is 83.6 Å². The highest BCUT2D eigenvalue weighted by molar-refractivity contribution is 6.23. The molecule has 3 saturated heterocycles. The molecule has 3 fully saturated rings. The second-order valence-electron chi connectivity index (χ2n) is 11.3. The molecule has 214 valence electrons. The molecule has 1 unspecified atom stereocenters. The Morgan fingerprint density at radius 2 is 1.51 bits per heavy atom. The summed E-state index contributed by atoms with van der Waals surface area (Å²) in [5, 5.41) is 5.81. The molecule has 0 saturated carbocycles. The number of piperidine rings is 3. The molecule has 4 heterocycles. The molecule has 0 bridgehead atoms. The number of benzene rings is 2. The number of rotatable bonds is 6. The number of carbonyl (C=O) groups excluding carboxylic acids is 5. The van der Waals surface area contributed by atoms with Crippen LogP contribution in [0.4, 0.5) is 11.4 Å². The Morgan fingerprint density at radius 3 is 2.17 bits per heavy atom.